The molecule has 0 radical (unpaired) electrons. The van der Waals surface area contributed by atoms with Crippen LogP contribution >= 0.6 is 0 Å². The summed E-state index contributed by atoms with van der Waals surface area (Å²) in [5, 5.41) is 0. The second-order valence-corrected chi connectivity index (χ2v) is 6.56. The maximum Gasteiger partial charge on any atom is 0.534 e. The summed E-state index contributed by atoms with van der Waals surface area (Å²) in [6.07, 6.45) is 0. The van der Waals surface area contributed by atoms with E-state index in [0.717, 1.165) is 12.1 Å². The molecule has 2 rings (SSSR count). The van der Waals surface area contributed by atoms with Gasteiger partial charge >= 0.3 is 15.6 Å². The minimum absolute atomic E-state index is 0.0968. The fourth-order valence-electron chi connectivity index (χ4n) is 2.01. The lowest BCUT2D eigenvalue weighted by atomic mass is 10.1. The fourth-order valence-corrected chi connectivity index (χ4v) is 2.48. The van der Waals surface area contributed by atoms with Gasteiger partial charge in [0, 0.05) is 12.1 Å². The molecule has 0 bridgehead atoms. The molecule has 25 heavy (non-hydrogen) atoms. The summed E-state index contributed by atoms with van der Waals surface area (Å²) >= 11 is 0. The quantitative estimate of drug-likeness (QED) is 0.498. The third-order valence-corrected chi connectivity index (χ3v) is 4.19. The maximum absolute atomic E-state index is 14.0. The highest BCUT2D eigenvalue weighted by Gasteiger charge is 2.48. The van der Waals surface area contributed by atoms with Gasteiger partial charge in [-0.2, -0.15) is 21.6 Å². The van der Waals surface area contributed by atoms with Crippen LogP contribution in [0.25, 0.3) is 11.3 Å². The van der Waals surface area contributed by atoms with E-state index in [1.54, 1.807) is 13.8 Å². The average molecular weight is 379 g/mol. The van der Waals surface area contributed by atoms with Crippen LogP contribution in [0.2, 0.25) is 0 Å². The van der Waals surface area contributed by atoms with Gasteiger partial charge in [-0.25, -0.2) is 9.37 Å². The molecule has 0 amide bonds. The van der Waals surface area contributed by atoms with E-state index in [9.17, 15) is 26.0 Å². The molecule has 11 heteroatoms. The zero-order valence-corrected chi connectivity index (χ0v) is 13.9. The van der Waals surface area contributed by atoms with Crippen molar-refractivity contribution in [2.45, 2.75) is 25.9 Å². The van der Waals surface area contributed by atoms with E-state index >= 15 is 0 Å². The Morgan fingerprint density at radius 2 is 1.80 bits per heavy atom. The Morgan fingerprint density at radius 1 is 1.16 bits per heavy atom. The lowest BCUT2D eigenvalue weighted by Gasteiger charge is -2.12. The summed E-state index contributed by atoms with van der Waals surface area (Å²) in [6.45, 7) is 3.41. The zero-order chi connectivity index (χ0) is 19.0. The summed E-state index contributed by atoms with van der Waals surface area (Å²) in [4.78, 5) is 8.48. The van der Waals surface area contributed by atoms with Crippen LogP contribution in [-0.4, -0.2) is 23.9 Å². The molecule has 0 unspecified atom stereocenters. The van der Waals surface area contributed by atoms with Gasteiger partial charge in [-0.15, -0.1) is 0 Å². The third kappa shape index (κ3) is 3.87. The van der Waals surface area contributed by atoms with Gasteiger partial charge in [-0.05, 0) is 32.0 Å². The molecule has 1 aromatic carbocycles. The Morgan fingerprint density at radius 3 is 2.32 bits per heavy atom. The molecule has 6 nitrogen and oxygen atoms in total. The van der Waals surface area contributed by atoms with Crippen molar-refractivity contribution in [3.63, 3.8) is 0 Å². The van der Waals surface area contributed by atoms with Crippen LogP contribution in [0.4, 0.5) is 17.6 Å². The van der Waals surface area contributed by atoms with Crippen molar-refractivity contribution in [3.05, 3.63) is 41.1 Å². The number of rotatable bonds is 4. The van der Waals surface area contributed by atoms with E-state index in [4.69, 9.17) is 5.73 Å². The second-order valence-electron chi connectivity index (χ2n) is 5.02. The molecule has 2 aromatic rings. The van der Waals surface area contributed by atoms with E-state index in [1.165, 1.54) is 6.07 Å². The zero-order valence-electron chi connectivity index (χ0n) is 13.1. The van der Waals surface area contributed by atoms with E-state index in [0.29, 0.717) is 17.1 Å². The predicted molar refractivity (Wildman–Crippen MR) is 80.4 cm³/mol. The van der Waals surface area contributed by atoms with Crippen LogP contribution in [0.3, 0.4) is 0 Å². The fraction of sp³-hybridized carbons (Fsp3) is 0.286. The van der Waals surface area contributed by atoms with Crippen molar-refractivity contribution in [2.24, 2.45) is 5.73 Å². The SMILES string of the molecule is Cc1nc(C)c(-c2ccc(OS(=O)(=O)C(F)(F)F)c(F)c2)nc1CN. The van der Waals surface area contributed by atoms with Gasteiger partial charge in [0.15, 0.2) is 11.6 Å². The van der Waals surface area contributed by atoms with E-state index in [1.807, 2.05) is 0 Å². The summed E-state index contributed by atoms with van der Waals surface area (Å²) < 4.78 is 76.6. The molecule has 1 aromatic heterocycles. The molecule has 1 heterocycles. The highest BCUT2D eigenvalue weighted by atomic mass is 32.2. The number of aryl methyl sites for hydroxylation is 2. The van der Waals surface area contributed by atoms with Crippen LogP contribution in [0.15, 0.2) is 18.2 Å². The maximum atomic E-state index is 14.0. The monoisotopic (exact) mass is 379 g/mol. The van der Waals surface area contributed by atoms with Gasteiger partial charge in [0.05, 0.1) is 22.8 Å². The Balaban J connectivity index is 2.44. The van der Waals surface area contributed by atoms with Crippen LogP contribution < -0.4 is 9.92 Å². The van der Waals surface area contributed by atoms with Gasteiger partial charge in [0.25, 0.3) is 0 Å². The van der Waals surface area contributed by atoms with Gasteiger partial charge in [0.1, 0.15) is 0 Å². The molecule has 0 aliphatic heterocycles. The summed E-state index contributed by atoms with van der Waals surface area (Å²) in [7, 11) is -5.96. The van der Waals surface area contributed by atoms with Crippen LogP contribution in [0.1, 0.15) is 17.1 Å². The lowest BCUT2D eigenvalue weighted by molar-refractivity contribution is -0.0500. The first kappa shape index (κ1) is 19.1. The van der Waals surface area contributed by atoms with Crippen molar-refractivity contribution in [1.82, 2.24) is 9.97 Å². The number of benzene rings is 1. The van der Waals surface area contributed by atoms with Crippen molar-refractivity contribution < 1.29 is 30.2 Å². The first-order valence-electron chi connectivity index (χ1n) is 6.81. The number of alkyl halides is 3. The Labute approximate surface area is 140 Å². The van der Waals surface area contributed by atoms with Crippen LogP contribution in [-0.2, 0) is 16.7 Å². The standard InChI is InChI=1S/C14H13F4N3O3S/c1-7-11(6-19)21-13(8(2)20-7)9-3-4-12(10(15)5-9)24-25(22,23)14(16,17)18/h3-5H,6,19H2,1-2H3. The van der Waals surface area contributed by atoms with Gasteiger partial charge in [-0.3, -0.25) is 4.98 Å². The smallest absolute Gasteiger partial charge is 0.373 e. The average Bonchev–Trinajstić information content (AvgIpc) is 2.48. The summed E-state index contributed by atoms with van der Waals surface area (Å²) in [5.41, 5.74) is 1.87. The molecule has 0 atom stereocenters. The molecule has 136 valence electrons. The number of nitrogens with two attached hydrogens (primary N) is 1. The lowest BCUT2D eigenvalue weighted by Crippen LogP contribution is -2.28. The van der Waals surface area contributed by atoms with Crippen LogP contribution in [0.5, 0.6) is 5.75 Å². The predicted octanol–water partition coefficient (Wildman–Crippen LogP) is 2.59. The minimum atomic E-state index is -5.96. The van der Waals surface area contributed by atoms with E-state index in [-0.39, 0.29) is 17.8 Å². The van der Waals surface area contributed by atoms with Crippen molar-refractivity contribution in [1.29, 1.82) is 0 Å². The first-order valence-corrected chi connectivity index (χ1v) is 8.22. The Bertz CT molecular complexity index is 914. The topological polar surface area (TPSA) is 95.2 Å². The molecule has 0 fully saturated rings. The molecule has 0 saturated carbocycles. The Hall–Kier alpha value is -2.27. The molecule has 0 saturated heterocycles. The Kier molecular flexibility index (Phi) is 5.00. The number of halogens is 4. The number of hydrogen-bond donors (Lipinski definition) is 1. The largest absolute Gasteiger partial charge is 0.534 e. The number of nitrogens with zero attached hydrogens (tertiary/aromatic N) is 2. The van der Waals surface area contributed by atoms with E-state index in [2.05, 4.69) is 14.2 Å². The molecule has 2 N–H and O–H groups in total. The van der Waals surface area contributed by atoms with Crippen molar-refractivity contribution in [3.8, 4) is 17.0 Å². The number of aromatic nitrogens is 2. The normalized spacial score (nSPS) is 12.3. The summed E-state index contributed by atoms with van der Waals surface area (Å²) in [5.74, 6) is -2.36. The second kappa shape index (κ2) is 6.56. The third-order valence-electron chi connectivity index (χ3n) is 3.22. The highest BCUT2D eigenvalue weighted by molar-refractivity contribution is 7.88. The van der Waals surface area contributed by atoms with Crippen molar-refractivity contribution >= 4 is 10.1 Å². The minimum Gasteiger partial charge on any atom is -0.373 e. The molecular formula is C14H13F4N3O3S. The van der Waals surface area contributed by atoms with Gasteiger partial charge in [0.2, 0.25) is 0 Å². The molecule has 0 aliphatic carbocycles. The van der Waals surface area contributed by atoms with E-state index < -0.39 is 27.2 Å². The first-order chi connectivity index (χ1) is 11.5. The van der Waals surface area contributed by atoms with Gasteiger partial charge < -0.3 is 9.92 Å². The highest BCUT2D eigenvalue weighted by Crippen LogP contribution is 2.31. The number of hydrogen-bond acceptors (Lipinski definition) is 6. The molecule has 0 aliphatic rings. The van der Waals surface area contributed by atoms with Crippen molar-refractivity contribution in [2.75, 3.05) is 0 Å². The molecule has 0 spiro atoms. The molecular weight excluding hydrogens is 366 g/mol. The van der Waals surface area contributed by atoms with Crippen LogP contribution in [0, 0.1) is 19.7 Å². The summed E-state index contributed by atoms with van der Waals surface area (Å²) in [6, 6.07) is 2.77. The van der Waals surface area contributed by atoms with Gasteiger partial charge in [-0.1, -0.05) is 0 Å².